The van der Waals surface area contributed by atoms with Gasteiger partial charge in [-0.15, -0.1) is 0 Å². The molecular formula is C16H17FO2. The molecule has 2 aromatic carbocycles. The number of hydrogen-bond acceptors (Lipinski definition) is 2. The third kappa shape index (κ3) is 3.11. The first kappa shape index (κ1) is 13.5. The minimum absolute atomic E-state index is 0.106. The summed E-state index contributed by atoms with van der Waals surface area (Å²) in [5.41, 5.74) is 0.701. The molecule has 0 heterocycles. The number of aldehydes is 1. The van der Waals surface area contributed by atoms with Crippen molar-refractivity contribution in [2.24, 2.45) is 0 Å². The number of carbonyl (C=O) groups excluding carboxylic acids is 1. The molecule has 0 saturated heterocycles. The summed E-state index contributed by atoms with van der Waals surface area (Å²) < 4.78 is 18.4. The van der Waals surface area contributed by atoms with Crippen molar-refractivity contribution in [3.8, 4) is 5.75 Å². The molecule has 0 N–H and O–H groups in total. The number of fused-ring (bicyclic) bond motifs is 1. The van der Waals surface area contributed by atoms with Gasteiger partial charge in [0.1, 0.15) is 18.7 Å². The standard InChI is InChI=1S/C16H17FO2/c1-11(2)19-16-6-5-12-3-4-13(7-14(12)8-16)15(9-17)10-18/h3-8,10-11,15H,9H2,1-2H3. The molecule has 3 heteroatoms. The Kier molecular flexibility index (Phi) is 4.15. The van der Waals surface area contributed by atoms with E-state index in [1.54, 1.807) is 6.07 Å². The van der Waals surface area contributed by atoms with Gasteiger partial charge < -0.3 is 9.53 Å². The first-order valence-corrected chi connectivity index (χ1v) is 6.35. The summed E-state index contributed by atoms with van der Waals surface area (Å²) in [4.78, 5) is 10.8. The van der Waals surface area contributed by atoms with Gasteiger partial charge in [-0.2, -0.15) is 0 Å². The fourth-order valence-corrected chi connectivity index (χ4v) is 2.02. The van der Waals surface area contributed by atoms with Crippen molar-refractivity contribution in [3.63, 3.8) is 0 Å². The van der Waals surface area contributed by atoms with Crippen LogP contribution in [0.4, 0.5) is 4.39 Å². The molecule has 2 nitrogen and oxygen atoms in total. The molecule has 0 radical (unpaired) electrons. The normalized spacial score (nSPS) is 12.6. The average Bonchev–Trinajstić information content (AvgIpc) is 2.39. The zero-order valence-corrected chi connectivity index (χ0v) is 11.1. The Morgan fingerprint density at radius 1 is 1.16 bits per heavy atom. The summed E-state index contributed by atoms with van der Waals surface area (Å²) in [5.74, 6) is 0.0987. The third-order valence-electron chi connectivity index (χ3n) is 2.97. The van der Waals surface area contributed by atoms with E-state index in [1.165, 1.54) is 0 Å². The first-order valence-electron chi connectivity index (χ1n) is 6.35. The van der Waals surface area contributed by atoms with Crippen molar-refractivity contribution in [1.82, 2.24) is 0 Å². The van der Waals surface area contributed by atoms with Gasteiger partial charge in [-0.05, 0) is 42.3 Å². The summed E-state index contributed by atoms with van der Waals surface area (Å²) in [5, 5.41) is 2.00. The molecule has 0 saturated carbocycles. The van der Waals surface area contributed by atoms with E-state index < -0.39 is 12.6 Å². The van der Waals surface area contributed by atoms with Crippen LogP contribution < -0.4 is 4.74 Å². The van der Waals surface area contributed by atoms with Crippen LogP contribution in [0.15, 0.2) is 36.4 Å². The predicted molar refractivity (Wildman–Crippen MR) is 74.5 cm³/mol. The monoisotopic (exact) mass is 260 g/mol. The van der Waals surface area contributed by atoms with Gasteiger partial charge in [0.15, 0.2) is 0 Å². The minimum atomic E-state index is -0.681. The lowest BCUT2D eigenvalue weighted by Crippen LogP contribution is -2.05. The van der Waals surface area contributed by atoms with E-state index in [0.29, 0.717) is 11.8 Å². The largest absolute Gasteiger partial charge is 0.491 e. The van der Waals surface area contributed by atoms with Crippen LogP contribution in [0.1, 0.15) is 25.3 Å². The Morgan fingerprint density at radius 3 is 2.53 bits per heavy atom. The number of benzene rings is 2. The molecule has 0 spiro atoms. The van der Waals surface area contributed by atoms with Gasteiger partial charge in [0.25, 0.3) is 0 Å². The Hall–Kier alpha value is -1.90. The van der Waals surface area contributed by atoms with Crippen molar-refractivity contribution in [2.45, 2.75) is 25.9 Å². The molecule has 0 aromatic heterocycles. The number of halogens is 1. The number of carbonyl (C=O) groups is 1. The minimum Gasteiger partial charge on any atom is -0.491 e. The Bertz CT molecular complexity index is 578. The summed E-state index contributed by atoms with van der Waals surface area (Å²) in [7, 11) is 0. The van der Waals surface area contributed by atoms with Gasteiger partial charge in [-0.25, -0.2) is 4.39 Å². The van der Waals surface area contributed by atoms with Gasteiger partial charge >= 0.3 is 0 Å². The van der Waals surface area contributed by atoms with E-state index in [1.807, 2.05) is 44.2 Å². The van der Waals surface area contributed by atoms with Crippen molar-refractivity contribution >= 4 is 17.1 Å². The molecular weight excluding hydrogens is 243 g/mol. The van der Waals surface area contributed by atoms with E-state index in [2.05, 4.69) is 0 Å². The van der Waals surface area contributed by atoms with Gasteiger partial charge in [0.05, 0.1) is 12.0 Å². The van der Waals surface area contributed by atoms with E-state index >= 15 is 0 Å². The quantitative estimate of drug-likeness (QED) is 0.763. The SMILES string of the molecule is CC(C)Oc1ccc2ccc(C(C=O)CF)cc2c1. The van der Waals surface area contributed by atoms with Crippen molar-refractivity contribution in [1.29, 1.82) is 0 Å². The third-order valence-corrected chi connectivity index (χ3v) is 2.97. The van der Waals surface area contributed by atoms with Gasteiger partial charge in [-0.3, -0.25) is 0 Å². The molecule has 1 unspecified atom stereocenters. The van der Waals surface area contributed by atoms with E-state index in [4.69, 9.17) is 4.74 Å². The fourth-order valence-electron chi connectivity index (χ4n) is 2.02. The molecule has 0 aliphatic carbocycles. The maximum atomic E-state index is 12.7. The van der Waals surface area contributed by atoms with Crippen LogP contribution in [0.5, 0.6) is 5.75 Å². The molecule has 0 bridgehead atoms. The second-order valence-corrected chi connectivity index (χ2v) is 4.83. The highest BCUT2D eigenvalue weighted by atomic mass is 19.1. The van der Waals surface area contributed by atoms with Gasteiger partial charge in [-0.1, -0.05) is 24.3 Å². The lowest BCUT2D eigenvalue weighted by atomic mass is 9.98. The lowest BCUT2D eigenvalue weighted by molar-refractivity contribution is -0.109. The highest BCUT2D eigenvalue weighted by Gasteiger charge is 2.10. The maximum absolute atomic E-state index is 12.7. The second-order valence-electron chi connectivity index (χ2n) is 4.83. The number of alkyl halides is 1. The van der Waals surface area contributed by atoms with E-state index in [-0.39, 0.29) is 6.10 Å². The lowest BCUT2D eigenvalue weighted by Gasteiger charge is -2.12. The number of hydrogen-bond donors (Lipinski definition) is 0. The smallest absolute Gasteiger partial charge is 0.130 e. The molecule has 0 aliphatic heterocycles. The molecule has 19 heavy (non-hydrogen) atoms. The topological polar surface area (TPSA) is 26.3 Å². The Morgan fingerprint density at radius 2 is 1.89 bits per heavy atom. The molecule has 0 amide bonds. The number of ether oxygens (including phenoxy) is 1. The molecule has 2 aromatic rings. The Balaban J connectivity index is 2.41. The summed E-state index contributed by atoms with van der Waals surface area (Å²) in [6, 6.07) is 11.3. The van der Waals surface area contributed by atoms with Gasteiger partial charge in [0.2, 0.25) is 0 Å². The van der Waals surface area contributed by atoms with Crippen LogP contribution in [0.25, 0.3) is 10.8 Å². The van der Waals surface area contributed by atoms with Crippen LogP contribution in [-0.2, 0) is 4.79 Å². The summed E-state index contributed by atoms with van der Waals surface area (Å²) in [6.07, 6.45) is 0.754. The molecule has 1 atom stereocenters. The maximum Gasteiger partial charge on any atom is 0.130 e. The highest BCUT2D eigenvalue weighted by molar-refractivity contribution is 5.85. The average molecular weight is 260 g/mol. The fraction of sp³-hybridized carbons (Fsp3) is 0.312. The zero-order chi connectivity index (χ0) is 13.8. The van der Waals surface area contributed by atoms with Crippen LogP contribution in [-0.4, -0.2) is 19.1 Å². The Labute approximate surface area is 112 Å². The van der Waals surface area contributed by atoms with Gasteiger partial charge in [0, 0.05) is 0 Å². The van der Waals surface area contributed by atoms with Crippen molar-refractivity contribution in [2.75, 3.05) is 6.67 Å². The van der Waals surface area contributed by atoms with Crippen LogP contribution >= 0.6 is 0 Å². The molecule has 2 rings (SSSR count). The first-order chi connectivity index (χ1) is 9.13. The van der Waals surface area contributed by atoms with Crippen molar-refractivity contribution in [3.05, 3.63) is 42.0 Å². The molecule has 100 valence electrons. The van der Waals surface area contributed by atoms with Crippen LogP contribution in [0.2, 0.25) is 0 Å². The number of rotatable bonds is 5. The van der Waals surface area contributed by atoms with Crippen LogP contribution in [0, 0.1) is 0 Å². The zero-order valence-electron chi connectivity index (χ0n) is 11.1. The van der Waals surface area contributed by atoms with Crippen molar-refractivity contribution < 1.29 is 13.9 Å². The van der Waals surface area contributed by atoms with E-state index in [9.17, 15) is 9.18 Å². The second kappa shape index (κ2) is 5.83. The summed E-state index contributed by atoms with van der Waals surface area (Å²) in [6.45, 7) is 3.26. The summed E-state index contributed by atoms with van der Waals surface area (Å²) >= 11 is 0. The predicted octanol–water partition coefficient (Wildman–Crippen LogP) is 3.88. The molecule has 0 fully saturated rings. The molecule has 0 aliphatic rings. The van der Waals surface area contributed by atoms with Crippen LogP contribution in [0.3, 0.4) is 0 Å². The van der Waals surface area contributed by atoms with E-state index in [0.717, 1.165) is 16.5 Å². The highest BCUT2D eigenvalue weighted by Crippen LogP contribution is 2.25.